The van der Waals surface area contributed by atoms with Gasteiger partial charge in [-0.3, -0.25) is 9.69 Å². The molecule has 0 spiro atoms. The number of hydrogen-bond donors (Lipinski definition) is 0. The summed E-state index contributed by atoms with van der Waals surface area (Å²) in [5.41, 5.74) is 1.31. The lowest BCUT2D eigenvalue weighted by atomic mass is 10.2. The van der Waals surface area contributed by atoms with Crippen molar-refractivity contribution < 1.29 is 9.53 Å². The van der Waals surface area contributed by atoms with Crippen molar-refractivity contribution in [1.29, 1.82) is 0 Å². The molecule has 1 atom stereocenters. The van der Waals surface area contributed by atoms with Crippen LogP contribution in [-0.4, -0.2) is 48.0 Å². The summed E-state index contributed by atoms with van der Waals surface area (Å²) >= 11 is 3.42. The van der Waals surface area contributed by atoms with Gasteiger partial charge >= 0.3 is 0 Å². The van der Waals surface area contributed by atoms with Crippen LogP contribution in [0.5, 0.6) is 5.75 Å². The Bertz CT molecular complexity index is 700. The van der Waals surface area contributed by atoms with Gasteiger partial charge in [0.15, 0.2) is 6.10 Å². The van der Waals surface area contributed by atoms with Crippen molar-refractivity contribution in [2.75, 3.05) is 26.2 Å². The smallest absolute Gasteiger partial charge is 0.263 e. The highest BCUT2D eigenvalue weighted by molar-refractivity contribution is 9.10. The van der Waals surface area contributed by atoms with E-state index in [0.29, 0.717) is 5.75 Å². The van der Waals surface area contributed by atoms with Gasteiger partial charge in [-0.1, -0.05) is 52.3 Å². The van der Waals surface area contributed by atoms with E-state index in [1.165, 1.54) is 5.56 Å². The Hall–Kier alpha value is -1.85. The van der Waals surface area contributed by atoms with E-state index in [1.807, 2.05) is 42.2 Å². The summed E-state index contributed by atoms with van der Waals surface area (Å²) in [5.74, 6) is 0.761. The maximum atomic E-state index is 12.6. The Balaban J connectivity index is 1.49. The van der Waals surface area contributed by atoms with Crippen LogP contribution < -0.4 is 4.74 Å². The van der Waals surface area contributed by atoms with Gasteiger partial charge in [-0.15, -0.1) is 0 Å². The minimum absolute atomic E-state index is 0.0549. The van der Waals surface area contributed by atoms with Gasteiger partial charge in [-0.05, 0) is 30.7 Å². The summed E-state index contributed by atoms with van der Waals surface area (Å²) in [6.07, 6.45) is -0.477. The van der Waals surface area contributed by atoms with E-state index in [9.17, 15) is 4.79 Å². The molecule has 2 aromatic rings. The Morgan fingerprint density at radius 2 is 1.80 bits per heavy atom. The topological polar surface area (TPSA) is 32.8 Å². The maximum absolute atomic E-state index is 12.6. The van der Waals surface area contributed by atoms with E-state index in [-0.39, 0.29) is 5.91 Å². The molecular weight excluding hydrogens is 380 g/mol. The molecule has 1 aliphatic heterocycles. The normalized spacial score (nSPS) is 16.5. The van der Waals surface area contributed by atoms with Crippen molar-refractivity contribution in [3.05, 3.63) is 64.6 Å². The van der Waals surface area contributed by atoms with Crippen molar-refractivity contribution in [2.45, 2.75) is 19.6 Å². The number of carbonyl (C=O) groups is 1. The highest BCUT2D eigenvalue weighted by Crippen LogP contribution is 2.19. The average Bonchev–Trinajstić information content (AvgIpc) is 2.62. The van der Waals surface area contributed by atoms with Crippen LogP contribution in [0.3, 0.4) is 0 Å². The molecular formula is C20H23BrN2O2. The summed E-state index contributed by atoms with van der Waals surface area (Å²) in [6, 6.07) is 18.0. The molecule has 1 fully saturated rings. The number of ether oxygens (including phenoxy) is 1. The molecule has 2 aromatic carbocycles. The first kappa shape index (κ1) is 18.0. The number of rotatable bonds is 5. The van der Waals surface area contributed by atoms with Gasteiger partial charge in [0, 0.05) is 37.2 Å². The standard InChI is InChI=1S/C20H23BrN2O2/c1-16(25-19-9-5-8-18(21)14-19)20(24)23-12-10-22(11-13-23)15-17-6-3-2-4-7-17/h2-9,14,16H,10-13,15H2,1H3/t16-/m1/s1. The Kier molecular flexibility index (Phi) is 6.10. The molecule has 0 unspecified atom stereocenters. The lowest BCUT2D eigenvalue weighted by molar-refractivity contribution is -0.139. The van der Waals surface area contributed by atoms with E-state index in [0.717, 1.165) is 37.2 Å². The Morgan fingerprint density at radius 3 is 2.48 bits per heavy atom. The molecule has 0 saturated carbocycles. The minimum Gasteiger partial charge on any atom is -0.481 e. The van der Waals surface area contributed by atoms with Gasteiger partial charge in [0.25, 0.3) is 5.91 Å². The number of carbonyl (C=O) groups excluding carboxylic acids is 1. The Labute approximate surface area is 157 Å². The van der Waals surface area contributed by atoms with Gasteiger partial charge in [0.05, 0.1) is 0 Å². The summed E-state index contributed by atoms with van der Waals surface area (Å²) in [7, 11) is 0. The number of amides is 1. The SMILES string of the molecule is C[C@@H](Oc1cccc(Br)c1)C(=O)N1CCN(Cc2ccccc2)CC1. The van der Waals surface area contributed by atoms with Gasteiger partial charge in [-0.2, -0.15) is 0 Å². The zero-order chi connectivity index (χ0) is 17.6. The van der Waals surface area contributed by atoms with E-state index in [1.54, 1.807) is 0 Å². The lowest BCUT2D eigenvalue weighted by Gasteiger charge is -2.35. The predicted octanol–water partition coefficient (Wildman–Crippen LogP) is 3.56. The van der Waals surface area contributed by atoms with Gasteiger partial charge in [0.1, 0.15) is 5.75 Å². The first-order chi connectivity index (χ1) is 12.1. The van der Waals surface area contributed by atoms with Crippen LogP contribution in [0.15, 0.2) is 59.1 Å². The van der Waals surface area contributed by atoms with Crippen molar-refractivity contribution in [1.82, 2.24) is 9.80 Å². The molecule has 1 heterocycles. The van der Waals surface area contributed by atoms with Gasteiger partial charge in [0.2, 0.25) is 0 Å². The molecule has 0 N–H and O–H groups in total. The van der Waals surface area contributed by atoms with E-state index < -0.39 is 6.10 Å². The number of halogens is 1. The summed E-state index contributed by atoms with van der Waals surface area (Å²) in [5, 5.41) is 0. The van der Waals surface area contributed by atoms with Crippen LogP contribution in [0.1, 0.15) is 12.5 Å². The molecule has 132 valence electrons. The summed E-state index contributed by atoms with van der Waals surface area (Å²) in [6.45, 7) is 6.04. The van der Waals surface area contributed by atoms with Crippen LogP contribution in [0.2, 0.25) is 0 Å². The fourth-order valence-electron chi connectivity index (χ4n) is 3.02. The maximum Gasteiger partial charge on any atom is 0.263 e. The third-order valence-corrected chi connectivity index (χ3v) is 4.88. The second-order valence-corrected chi connectivity index (χ2v) is 7.22. The number of piperazine rings is 1. The van der Waals surface area contributed by atoms with Gasteiger partial charge in [-0.25, -0.2) is 0 Å². The third-order valence-electron chi connectivity index (χ3n) is 4.39. The summed E-state index contributed by atoms with van der Waals surface area (Å²) < 4.78 is 6.74. The third kappa shape index (κ3) is 5.06. The zero-order valence-corrected chi connectivity index (χ0v) is 16.0. The van der Waals surface area contributed by atoms with E-state index in [2.05, 4.69) is 45.1 Å². The summed E-state index contributed by atoms with van der Waals surface area (Å²) in [4.78, 5) is 16.9. The van der Waals surface area contributed by atoms with Crippen LogP contribution >= 0.6 is 15.9 Å². The van der Waals surface area contributed by atoms with Crippen molar-refractivity contribution in [2.24, 2.45) is 0 Å². The molecule has 0 radical (unpaired) electrons. The molecule has 25 heavy (non-hydrogen) atoms. The van der Waals surface area contributed by atoms with Crippen LogP contribution in [0.25, 0.3) is 0 Å². The minimum atomic E-state index is -0.477. The molecule has 1 aliphatic rings. The Morgan fingerprint density at radius 1 is 1.08 bits per heavy atom. The second kappa shape index (κ2) is 8.50. The first-order valence-electron chi connectivity index (χ1n) is 8.59. The molecule has 5 heteroatoms. The molecule has 0 aromatic heterocycles. The quantitative estimate of drug-likeness (QED) is 0.766. The average molecular weight is 403 g/mol. The van der Waals surface area contributed by atoms with Crippen molar-refractivity contribution in [3.63, 3.8) is 0 Å². The predicted molar refractivity (Wildman–Crippen MR) is 103 cm³/mol. The largest absolute Gasteiger partial charge is 0.481 e. The highest BCUT2D eigenvalue weighted by Gasteiger charge is 2.26. The number of benzene rings is 2. The molecule has 4 nitrogen and oxygen atoms in total. The van der Waals surface area contributed by atoms with E-state index in [4.69, 9.17) is 4.74 Å². The van der Waals surface area contributed by atoms with Crippen molar-refractivity contribution in [3.8, 4) is 5.75 Å². The lowest BCUT2D eigenvalue weighted by Crippen LogP contribution is -2.51. The second-order valence-electron chi connectivity index (χ2n) is 6.30. The molecule has 1 saturated heterocycles. The monoisotopic (exact) mass is 402 g/mol. The van der Waals surface area contributed by atoms with Crippen LogP contribution in [-0.2, 0) is 11.3 Å². The first-order valence-corrected chi connectivity index (χ1v) is 9.38. The number of nitrogens with zero attached hydrogens (tertiary/aromatic N) is 2. The fraction of sp³-hybridized carbons (Fsp3) is 0.350. The highest BCUT2D eigenvalue weighted by atomic mass is 79.9. The van der Waals surface area contributed by atoms with Crippen LogP contribution in [0.4, 0.5) is 0 Å². The molecule has 3 rings (SSSR count). The van der Waals surface area contributed by atoms with Crippen LogP contribution in [0, 0.1) is 0 Å². The van der Waals surface area contributed by atoms with E-state index >= 15 is 0 Å². The molecule has 1 amide bonds. The molecule has 0 aliphatic carbocycles. The molecule has 0 bridgehead atoms. The number of hydrogen-bond acceptors (Lipinski definition) is 3. The van der Waals surface area contributed by atoms with Crippen molar-refractivity contribution >= 4 is 21.8 Å². The fourth-order valence-corrected chi connectivity index (χ4v) is 3.40. The zero-order valence-electron chi connectivity index (χ0n) is 14.4. The van der Waals surface area contributed by atoms with Gasteiger partial charge < -0.3 is 9.64 Å².